The van der Waals surface area contributed by atoms with E-state index in [4.69, 9.17) is 9.47 Å². The number of urea groups is 1. The van der Waals surface area contributed by atoms with Crippen molar-refractivity contribution >= 4 is 23.5 Å². The van der Waals surface area contributed by atoms with Crippen LogP contribution < -0.4 is 10.6 Å². The molecule has 7 heteroatoms. The Balaban J connectivity index is 1.07. The van der Waals surface area contributed by atoms with E-state index in [0.29, 0.717) is 0 Å². The van der Waals surface area contributed by atoms with Crippen molar-refractivity contribution < 1.29 is 19.4 Å². The number of aliphatic hydroxyl groups is 1. The summed E-state index contributed by atoms with van der Waals surface area (Å²) in [6.07, 6.45) is 6.61. The van der Waals surface area contributed by atoms with E-state index in [1.165, 1.54) is 24.2 Å². The fraction of sp³-hybridized carbons (Fsp3) is 0.472. The second-order valence-electron chi connectivity index (χ2n) is 13.3. The van der Waals surface area contributed by atoms with Crippen molar-refractivity contribution in [2.45, 2.75) is 81.0 Å². The minimum Gasteiger partial charge on any atom is -0.392 e. The van der Waals surface area contributed by atoms with Crippen LogP contribution in [0.15, 0.2) is 83.8 Å². The van der Waals surface area contributed by atoms with Gasteiger partial charge in [-0.2, -0.15) is 0 Å². The molecule has 0 unspecified atom stereocenters. The number of nitrogens with one attached hydrogen (secondary N) is 2. The summed E-state index contributed by atoms with van der Waals surface area (Å²) in [5.41, 5.74) is 3.53. The molecule has 43 heavy (non-hydrogen) atoms. The molecule has 226 valence electrons. The molecule has 4 atom stereocenters. The average molecular weight is 599 g/mol. The van der Waals surface area contributed by atoms with Crippen molar-refractivity contribution in [2.24, 2.45) is 23.7 Å². The van der Waals surface area contributed by atoms with Crippen molar-refractivity contribution in [2.75, 3.05) is 11.1 Å². The van der Waals surface area contributed by atoms with Crippen LogP contribution in [0.5, 0.6) is 0 Å². The predicted octanol–water partition coefficient (Wildman–Crippen LogP) is 7.85. The predicted molar refractivity (Wildman–Crippen MR) is 170 cm³/mol. The zero-order valence-electron chi connectivity index (χ0n) is 24.8. The van der Waals surface area contributed by atoms with Gasteiger partial charge in [0.05, 0.1) is 18.8 Å². The van der Waals surface area contributed by atoms with E-state index in [0.717, 1.165) is 65.1 Å². The van der Waals surface area contributed by atoms with Crippen LogP contribution in [-0.2, 0) is 16.1 Å². The van der Waals surface area contributed by atoms with Gasteiger partial charge in [0.2, 0.25) is 0 Å². The van der Waals surface area contributed by atoms with Crippen LogP contribution in [-0.4, -0.2) is 28.5 Å². The maximum absolute atomic E-state index is 13.3. The van der Waals surface area contributed by atoms with Crippen LogP contribution in [0.3, 0.4) is 0 Å². The first-order chi connectivity index (χ1) is 20.9. The lowest BCUT2D eigenvalue weighted by atomic mass is 9.53. The third kappa shape index (κ3) is 6.37. The molecular formula is C36H42N2O4S. The van der Waals surface area contributed by atoms with Gasteiger partial charge in [0.15, 0.2) is 6.29 Å². The van der Waals surface area contributed by atoms with E-state index in [-0.39, 0.29) is 36.3 Å². The lowest BCUT2D eigenvalue weighted by molar-refractivity contribution is -0.268. The smallest absolute Gasteiger partial charge is 0.319 e. The average Bonchev–Trinajstić information content (AvgIpc) is 3.00. The number of benzene rings is 3. The number of rotatable bonds is 8. The highest BCUT2D eigenvalue weighted by Crippen LogP contribution is 2.55. The Morgan fingerprint density at radius 1 is 0.884 bits per heavy atom. The van der Waals surface area contributed by atoms with Crippen molar-refractivity contribution in [1.29, 1.82) is 0 Å². The Kier molecular flexibility index (Phi) is 8.25. The van der Waals surface area contributed by atoms with Gasteiger partial charge in [-0.25, -0.2) is 4.79 Å². The number of carbonyl (C=O) groups excluding carboxylic acids is 1. The normalized spacial score (nSPS) is 32.8. The van der Waals surface area contributed by atoms with Crippen LogP contribution in [0.2, 0.25) is 0 Å². The van der Waals surface area contributed by atoms with Crippen molar-refractivity contribution in [3.8, 4) is 0 Å². The summed E-state index contributed by atoms with van der Waals surface area (Å²) in [5, 5.41) is 16.1. The standard InChI is InChI=1S/C36H42N2O4S/c1-23-32(22-43-31-8-3-2-4-9-31)41-34(42-33(23)28-12-10-24(21-39)11-13-28)29-6-5-7-30(17-29)37-35(40)38-36-18-25-14-26(19-36)16-27(15-25)20-36/h2-13,17,23,25-27,32-34,39H,14-16,18-22H2,1H3,(H2,37,38,40)/t23-,25?,26?,27?,32+,33+,34+,36?/m1/s1. The zero-order valence-corrected chi connectivity index (χ0v) is 25.6. The first kappa shape index (κ1) is 28.9. The number of carbonyl (C=O) groups is 1. The Morgan fingerprint density at radius 2 is 1.58 bits per heavy atom. The summed E-state index contributed by atoms with van der Waals surface area (Å²) < 4.78 is 13.3. The van der Waals surface area contributed by atoms with Crippen LogP contribution >= 0.6 is 11.8 Å². The van der Waals surface area contributed by atoms with Gasteiger partial charge in [0.1, 0.15) is 0 Å². The molecule has 0 aromatic heterocycles. The maximum Gasteiger partial charge on any atom is 0.319 e. The number of aliphatic hydroxyl groups excluding tert-OH is 1. The zero-order chi connectivity index (χ0) is 29.4. The minimum atomic E-state index is -0.576. The Hall–Kier alpha value is -2.84. The molecule has 0 radical (unpaired) electrons. The quantitative estimate of drug-likeness (QED) is 0.230. The molecule has 4 aliphatic carbocycles. The monoisotopic (exact) mass is 598 g/mol. The van der Waals surface area contributed by atoms with Gasteiger partial charge in [-0.3, -0.25) is 0 Å². The summed E-state index contributed by atoms with van der Waals surface area (Å²) in [4.78, 5) is 14.5. The van der Waals surface area contributed by atoms with Gasteiger partial charge in [0.25, 0.3) is 0 Å². The lowest BCUT2D eigenvalue weighted by Crippen LogP contribution is -2.60. The van der Waals surface area contributed by atoms with Crippen LogP contribution in [0.25, 0.3) is 0 Å². The summed E-state index contributed by atoms with van der Waals surface area (Å²) >= 11 is 1.79. The van der Waals surface area contributed by atoms with Crippen molar-refractivity contribution in [1.82, 2.24) is 5.32 Å². The molecule has 3 N–H and O–H groups in total. The van der Waals surface area contributed by atoms with Crippen LogP contribution in [0.1, 0.15) is 74.5 Å². The minimum absolute atomic E-state index is 0.0136. The molecule has 5 fully saturated rings. The Bertz CT molecular complexity index is 1380. The van der Waals surface area contributed by atoms with E-state index in [2.05, 4.69) is 41.8 Å². The topological polar surface area (TPSA) is 79.8 Å². The van der Waals surface area contributed by atoms with E-state index < -0.39 is 6.29 Å². The molecule has 6 nitrogen and oxygen atoms in total. The maximum atomic E-state index is 13.3. The third-order valence-corrected chi connectivity index (χ3v) is 11.2. The highest BCUT2D eigenvalue weighted by Gasteiger charge is 2.51. The summed E-state index contributed by atoms with van der Waals surface area (Å²) in [6.45, 7) is 2.20. The SMILES string of the molecule is C[C@@H]1[C@H](CSc2ccccc2)O[C@H](c2cccc(NC(=O)NC34CC5CC(CC(C5)C3)C4)c2)O[C@@H]1c1ccc(CO)cc1. The fourth-order valence-corrected chi connectivity index (χ4v) is 9.52. The summed E-state index contributed by atoms with van der Waals surface area (Å²) in [7, 11) is 0. The highest BCUT2D eigenvalue weighted by molar-refractivity contribution is 7.99. The Labute approximate surface area is 258 Å². The van der Waals surface area contributed by atoms with Crippen LogP contribution in [0.4, 0.5) is 10.5 Å². The number of hydrogen-bond acceptors (Lipinski definition) is 5. The van der Waals surface area contributed by atoms with Crippen LogP contribution in [0, 0.1) is 23.7 Å². The number of ether oxygens (including phenoxy) is 2. The first-order valence-corrected chi connectivity index (χ1v) is 16.8. The van der Waals surface area contributed by atoms with Gasteiger partial charge in [-0.1, -0.05) is 61.5 Å². The van der Waals surface area contributed by atoms with E-state index >= 15 is 0 Å². The van der Waals surface area contributed by atoms with Gasteiger partial charge < -0.3 is 25.2 Å². The van der Waals surface area contributed by atoms with E-state index in [9.17, 15) is 9.90 Å². The molecule has 1 aliphatic heterocycles. The lowest BCUT2D eigenvalue weighted by Gasteiger charge is -2.56. The molecule has 0 spiro atoms. The second kappa shape index (κ2) is 12.3. The van der Waals surface area contributed by atoms with Gasteiger partial charge in [-0.05, 0) is 91.7 Å². The van der Waals surface area contributed by atoms with Gasteiger partial charge in [0, 0.05) is 33.4 Å². The van der Waals surface area contributed by atoms with E-state index in [1.807, 2.05) is 54.6 Å². The first-order valence-electron chi connectivity index (χ1n) is 15.8. The second-order valence-corrected chi connectivity index (χ2v) is 14.4. The number of amides is 2. The Morgan fingerprint density at radius 3 is 2.26 bits per heavy atom. The summed E-state index contributed by atoms with van der Waals surface area (Å²) in [5.74, 6) is 3.23. The van der Waals surface area contributed by atoms with Gasteiger partial charge >= 0.3 is 6.03 Å². The molecule has 3 aromatic rings. The molecule has 3 aromatic carbocycles. The highest BCUT2D eigenvalue weighted by atomic mass is 32.2. The fourth-order valence-electron chi connectivity index (χ4n) is 8.43. The summed E-state index contributed by atoms with van der Waals surface area (Å²) in [6, 6.07) is 26.2. The van der Waals surface area contributed by atoms with Crippen molar-refractivity contribution in [3.63, 3.8) is 0 Å². The largest absolute Gasteiger partial charge is 0.392 e. The number of hydrogen-bond donors (Lipinski definition) is 3. The molecule has 1 heterocycles. The van der Waals surface area contributed by atoms with E-state index in [1.54, 1.807) is 11.8 Å². The molecule has 1 saturated heterocycles. The molecular weight excluding hydrogens is 556 g/mol. The number of thioether (sulfide) groups is 1. The molecule has 4 bridgehead atoms. The molecule has 4 saturated carbocycles. The number of anilines is 1. The molecule has 8 rings (SSSR count). The molecule has 2 amide bonds. The van der Waals surface area contributed by atoms with Crippen molar-refractivity contribution in [3.05, 3.63) is 95.6 Å². The molecule has 5 aliphatic rings. The third-order valence-electron chi connectivity index (χ3n) is 10.1. The van der Waals surface area contributed by atoms with Gasteiger partial charge in [-0.15, -0.1) is 11.8 Å².